The minimum Gasteiger partial charge on any atom is -0.465 e. The van der Waals surface area contributed by atoms with E-state index in [4.69, 9.17) is 4.74 Å². The first-order valence-corrected chi connectivity index (χ1v) is 6.27. The van der Waals surface area contributed by atoms with Crippen LogP contribution in [-0.4, -0.2) is 19.1 Å². The van der Waals surface area contributed by atoms with E-state index < -0.39 is 0 Å². The molecule has 96 valence electrons. The highest BCUT2D eigenvalue weighted by Gasteiger charge is 2.28. The number of ether oxygens (including phenoxy) is 1. The Hall–Kier alpha value is -1.77. The highest BCUT2D eigenvalue weighted by atomic mass is 16.5. The number of carbonyl (C=O) groups is 1. The summed E-state index contributed by atoms with van der Waals surface area (Å²) in [5.74, 6) is 0.428. The van der Waals surface area contributed by atoms with Gasteiger partial charge in [0.1, 0.15) is 0 Å². The Morgan fingerprint density at radius 1 is 1.56 bits per heavy atom. The predicted molar refractivity (Wildman–Crippen MR) is 73.7 cm³/mol. The van der Waals surface area contributed by atoms with Gasteiger partial charge in [-0.15, -0.1) is 0 Å². The van der Waals surface area contributed by atoms with E-state index in [-0.39, 0.29) is 5.97 Å². The molecular formula is C15H19NO2. The summed E-state index contributed by atoms with van der Waals surface area (Å²) < 4.78 is 4.78. The molecule has 0 spiro atoms. The van der Waals surface area contributed by atoms with E-state index in [9.17, 15) is 4.79 Å². The summed E-state index contributed by atoms with van der Waals surface area (Å²) in [5.41, 5.74) is 2.32. The number of hydrogen-bond acceptors (Lipinski definition) is 3. The van der Waals surface area contributed by atoms with Crippen LogP contribution in [0.1, 0.15) is 35.7 Å². The largest absolute Gasteiger partial charge is 0.465 e. The van der Waals surface area contributed by atoms with Crippen LogP contribution in [0.15, 0.2) is 24.8 Å². The molecule has 1 aromatic carbocycles. The SMILES string of the molecule is C=Cc1c(NC(C)C2CC2)cccc1C(=O)OC. The van der Waals surface area contributed by atoms with Crippen LogP contribution in [-0.2, 0) is 4.74 Å². The van der Waals surface area contributed by atoms with Gasteiger partial charge in [-0.05, 0) is 37.8 Å². The molecule has 1 atom stereocenters. The van der Waals surface area contributed by atoms with Crippen molar-refractivity contribution in [2.75, 3.05) is 12.4 Å². The molecule has 1 fully saturated rings. The normalized spacial score (nSPS) is 15.9. The second-order valence-corrected chi connectivity index (χ2v) is 4.73. The van der Waals surface area contributed by atoms with Gasteiger partial charge in [-0.3, -0.25) is 0 Å². The van der Waals surface area contributed by atoms with Crippen LogP contribution in [0.3, 0.4) is 0 Å². The zero-order chi connectivity index (χ0) is 13.1. The molecule has 0 aliphatic heterocycles. The van der Waals surface area contributed by atoms with Crippen LogP contribution in [0.2, 0.25) is 0 Å². The highest BCUT2D eigenvalue weighted by molar-refractivity contribution is 5.96. The number of methoxy groups -OCH3 is 1. The molecule has 3 heteroatoms. The lowest BCUT2D eigenvalue weighted by atomic mass is 10.0. The average molecular weight is 245 g/mol. The van der Waals surface area contributed by atoms with Gasteiger partial charge in [0.15, 0.2) is 0 Å². The Labute approximate surface area is 108 Å². The lowest BCUT2D eigenvalue weighted by Crippen LogP contribution is -2.18. The maximum absolute atomic E-state index is 11.7. The number of esters is 1. The fraction of sp³-hybridized carbons (Fsp3) is 0.400. The smallest absolute Gasteiger partial charge is 0.338 e. The summed E-state index contributed by atoms with van der Waals surface area (Å²) in [4.78, 5) is 11.7. The summed E-state index contributed by atoms with van der Waals surface area (Å²) >= 11 is 0. The van der Waals surface area contributed by atoms with Gasteiger partial charge in [0, 0.05) is 17.3 Å². The molecule has 0 radical (unpaired) electrons. The molecule has 1 aliphatic carbocycles. The van der Waals surface area contributed by atoms with Crippen LogP contribution in [0, 0.1) is 5.92 Å². The maximum Gasteiger partial charge on any atom is 0.338 e. The van der Waals surface area contributed by atoms with E-state index in [0.717, 1.165) is 17.2 Å². The number of rotatable bonds is 5. The Balaban J connectivity index is 2.28. The monoisotopic (exact) mass is 245 g/mol. The van der Waals surface area contributed by atoms with E-state index in [0.29, 0.717) is 11.6 Å². The molecule has 1 aliphatic rings. The standard InChI is InChI=1S/C15H19NO2/c1-4-12-13(15(17)18-3)6-5-7-14(12)16-10(2)11-8-9-11/h4-7,10-11,16H,1,8-9H2,2-3H3. The summed E-state index contributed by atoms with van der Waals surface area (Å²) in [6.45, 7) is 5.96. The third kappa shape index (κ3) is 2.55. The molecule has 0 heterocycles. The first-order valence-electron chi connectivity index (χ1n) is 6.27. The molecule has 0 amide bonds. The van der Waals surface area contributed by atoms with Crippen LogP contribution in [0.25, 0.3) is 6.08 Å². The highest BCUT2D eigenvalue weighted by Crippen LogP contribution is 2.35. The van der Waals surface area contributed by atoms with Gasteiger partial charge in [-0.25, -0.2) is 4.79 Å². The minimum atomic E-state index is -0.326. The van der Waals surface area contributed by atoms with Crippen LogP contribution >= 0.6 is 0 Å². The van der Waals surface area contributed by atoms with Gasteiger partial charge in [0.25, 0.3) is 0 Å². The summed E-state index contributed by atoms with van der Waals surface area (Å²) in [7, 11) is 1.39. The van der Waals surface area contributed by atoms with Crippen molar-refractivity contribution in [1.82, 2.24) is 0 Å². The van der Waals surface area contributed by atoms with Gasteiger partial charge in [-0.1, -0.05) is 18.7 Å². The van der Waals surface area contributed by atoms with Crippen LogP contribution in [0.5, 0.6) is 0 Å². The quantitative estimate of drug-likeness (QED) is 0.809. The lowest BCUT2D eigenvalue weighted by Gasteiger charge is -2.18. The zero-order valence-electron chi connectivity index (χ0n) is 10.9. The Morgan fingerprint density at radius 2 is 2.28 bits per heavy atom. The molecule has 3 nitrogen and oxygen atoms in total. The molecule has 1 unspecified atom stereocenters. The minimum absolute atomic E-state index is 0.326. The van der Waals surface area contributed by atoms with Crippen LogP contribution < -0.4 is 5.32 Å². The van der Waals surface area contributed by atoms with Gasteiger partial charge < -0.3 is 10.1 Å². The summed E-state index contributed by atoms with van der Waals surface area (Å²) in [5, 5.41) is 3.46. The fourth-order valence-corrected chi connectivity index (χ4v) is 2.16. The number of carbonyl (C=O) groups excluding carboxylic acids is 1. The van der Waals surface area contributed by atoms with E-state index in [2.05, 4.69) is 18.8 Å². The second kappa shape index (κ2) is 5.25. The Bertz CT molecular complexity index is 464. The van der Waals surface area contributed by atoms with Crippen molar-refractivity contribution in [1.29, 1.82) is 0 Å². The number of nitrogens with one attached hydrogen (secondary N) is 1. The first-order chi connectivity index (χ1) is 8.67. The van der Waals surface area contributed by atoms with Crippen molar-refractivity contribution in [2.45, 2.75) is 25.8 Å². The number of anilines is 1. The van der Waals surface area contributed by atoms with E-state index >= 15 is 0 Å². The van der Waals surface area contributed by atoms with Crippen molar-refractivity contribution in [3.8, 4) is 0 Å². The van der Waals surface area contributed by atoms with Gasteiger partial charge in [-0.2, -0.15) is 0 Å². The summed E-state index contributed by atoms with van der Waals surface area (Å²) in [6, 6.07) is 6.02. The van der Waals surface area contributed by atoms with Gasteiger partial charge >= 0.3 is 5.97 Å². The van der Waals surface area contributed by atoms with E-state index in [1.54, 1.807) is 12.1 Å². The third-order valence-corrected chi connectivity index (χ3v) is 3.43. The first kappa shape index (κ1) is 12.7. The van der Waals surface area contributed by atoms with Crippen molar-refractivity contribution in [2.24, 2.45) is 5.92 Å². The van der Waals surface area contributed by atoms with Crippen molar-refractivity contribution >= 4 is 17.7 Å². The molecule has 1 saturated carbocycles. The third-order valence-electron chi connectivity index (χ3n) is 3.43. The molecule has 0 aromatic heterocycles. The molecular weight excluding hydrogens is 226 g/mol. The molecule has 18 heavy (non-hydrogen) atoms. The Kier molecular flexibility index (Phi) is 3.70. The Morgan fingerprint density at radius 3 is 2.83 bits per heavy atom. The van der Waals surface area contributed by atoms with Crippen molar-refractivity contribution < 1.29 is 9.53 Å². The maximum atomic E-state index is 11.7. The number of hydrogen-bond donors (Lipinski definition) is 1. The second-order valence-electron chi connectivity index (χ2n) is 4.73. The van der Waals surface area contributed by atoms with Crippen molar-refractivity contribution in [3.63, 3.8) is 0 Å². The molecule has 1 aromatic rings. The van der Waals surface area contributed by atoms with E-state index in [1.165, 1.54) is 20.0 Å². The van der Waals surface area contributed by atoms with Gasteiger partial charge in [0.05, 0.1) is 12.7 Å². The van der Waals surface area contributed by atoms with E-state index in [1.807, 2.05) is 12.1 Å². The average Bonchev–Trinajstić information content (AvgIpc) is 3.21. The molecule has 0 bridgehead atoms. The molecule has 2 rings (SSSR count). The zero-order valence-corrected chi connectivity index (χ0v) is 10.9. The molecule has 1 N–H and O–H groups in total. The molecule has 0 saturated heterocycles. The van der Waals surface area contributed by atoms with Gasteiger partial charge in [0.2, 0.25) is 0 Å². The lowest BCUT2D eigenvalue weighted by molar-refractivity contribution is 0.0600. The number of benzene rings is 1. The topological polar surface area (TPSA) is 38.3 Å². The van der Waals surface area contributed by atoms with Crippen LogP contribution in [0.4, 0.5) is 5.69 Å². The van der Waals surface area contributed by atoms with Crippen molar-refractivity contribution in [3.05, 3.63) is 35.9 Å². The fourth-order valence-electron chi connectivity index (χ4n) is 2.16. The predicted octanol–water partition coefficient (Wildman–Crippen LogP) is 3.33. The summed E-state index contributed by atoms with van der Waals surface area (Å²) in [6.07, 6.45) is 4.27.